The van der Waals surface area contributed by atoms with E-state index in [9.17, 15) is 0 Å². The lowest BCUT2D eigenvalue weighted by Crippen LogP contribution is -2.05. The van der Waals surface area contributed by atoms with Gasteiger partial charge in [0, 0.05) is 11.4 Å². The molecule has 0 saturated carbocycles. The fourth-order valence-electron chi connectivity index (χ4n) is 1.95. The van der Waals surface area contributed by atoms with Crippen molar-refractivity contribution in [3.8, 4) is 11.5 Å². The Morgan fingerprint density at radius 1 is 1.25 bits per heavy atom. The van der Waals surface area contributed by atoms with Crippen LogP contribution in [0, 0.1) is 0 Å². The summed E-state index contributed by atoms with van der Waals surface area (Å²) in [6.07, 6.45) is 0.947. The molecule has 1 aromatic heterocycles. The summed E-state index contributed by atoms with van der Waals surface area (Å²) >= 11 is 1.70. The molecule has 4 nitrogen and oxygen atoms in total. The number of nitrogens with one attached hydrogen (secondary N) is 1. The molecule has 1 N–H and O–H groups in total. The molecule has 0 radical (unpaired) electrons. The minimum atomic E-state index is 0.474. The van der Waals surface area contributed by atoms with Gasteiger partial charge in [-0.1, -0.05) is 19.1 Å². The van der Waals surface area contributed by atoms with E-state index in [4.69, 9.17) is 9.47 Å². The van der Waals surface area contributed by atoms with E-state index in [1.165, 1.54) is 4.88 Å². The van der Waals surface area contributed by atoms with Crippen LogP contribution in [0.5, 0.6) is 11.5 Å². The highest BCUT2D eigenvalue weighted by Crippen LogP contribution is 2.27. The molecule has 0 aliphatic rings. The molecule has 0 saturated heterocycles. The van der Waals surface area contributed by atoms with Crippen molar-refractivity contribution in [2.75, 3.05) is 14.2 Å². The second kappa shape index (κ2) is 7.26. The number of methoxy groups -OCH3 is 1. The number of aromatic nitrogens is 1. The van der Waals surface area contributed by atoms with Gasteiger partial charge < -0.3 is 14.8 Å². The lowest BCUT2D eigenvalue weighted by atomic mass is 10.3. The molecule has 1 aromatic carbocycles. The minimum absolute atomic E-state index is 0.474. The van der Waals surface area contributed by atoms with E-state index in [-0.39, 0.29) is 0 Å². The van der Waals surface area contributed by atoms with Crippen LogP contribution in [0.25, 0.3) is 0 Å². The number of nitrogens with zero attached hydrogens (tertiary/aromatic N) is 1. The average molecular weight is 292 g/mol. The number of thiazole rings is 1. The zero-order valence-corrected chi connectivity index (χ0v) is 12.9. The lowest BCUT2D eigenvalue weighted by molar-refractivity contribution is 0.284. The highest BCUT2D eigenvalue weighted by Gasteiger charge is 2.10. The van der Waals surface area contributed by atoms with E-state index in [1.807, 2.05) is 31.3 Å². The Labute approximate surface area is 123 Å². The number of ether oxygens (including phenoxy) is 2. The van der Waals surface area contributed by atoms with Crippen LogP contribution in [-0.4, -0.2) is 19.1 Å². The van der Waals surface area contributed by atoms with Gasteiger partial charge in [0.05, 0.1) is 12.8 Å². The zero-order chi connectivity index (χ0) is 14.4. The number of aryl methyl sites for hydroxylation is 1. The summed E-state index contributed by atoms with van der Waals surface area (Å²) in [5.41, 5.74) is 1.16. The largest absolute Gasteiger partial charge is 0.493 e. The number of benzene rings is 1. The van der Waals surface area contributed by atoms with Gasteiger partial charge in [0.15, 0.2) is 11.5 Å². The molecule has 1 heterocycles. The number of hydrogen-bond donors (Lipinski definition) is 1. The van der Waals surface area contributed by atoms with Gasteiger partial charge in [-0.25, -0.2) is 4.98 Å². The molecular weight excluding hydrogens is 272 g/mol. The van der Waals surface area contributed by atoms with Crippen molar-refractivity contribution in [2.24, 2.45) is 0 Å². The Morgan fingerprint density at radius 3 is 2.65 bits per heavy atom. The molecule has 0 bridgehead atoms. The lowest BCUT2D eigenvalue weighted by Gasteiger charge is -2.08. The molecule has 20 heavy (non-hydrogen) atoms. The maximum Gasteiger partial charge on any atom is 0.161 e. The molecule has 0 aliphatic heterocycles. The first-order valence-corrected chi connectivity index (χ1v) is 7.48. The fourth-order valence-corrected chi connectivity index (χ4v) is 3.03. The zero-order valence-electron chi connectivity index (χ0n) is 12.1. The predicted octanol–water partition coefficient (Wildman–Crippen LogP) is 3.01. The fraction of sp³-hybridized carbons (Fsp3) is 0.400. The van der Waals surface area contributed by atoms with Crippen LogP contribution in [0.1, 0.15) is 22.5 Å². The smallest absolute Gasteiger partial charge is 0.161 e. The SMILES string of the molecule is CCc1nc(COc2ccccc2OC)sc1CNC. The summed E-state index contributed by atoms with van der Waals surface area (Å²) in [4.78, 5) is 5.92. The van der Waals surface area contributed by atoms with Crippen molar-refractivity contribution in [2.45, 2.75) is 26.5 Å². The molecule has 108 valence electrons. The first kappa shape index (κ1) is 14.8. The van der Waals surface area contributed by atoms with Crippen LogP contribution >= 0.6 is 11.3 Å². The van der Waals surface area contributed by atoms with Crippen LogP contribution in [0.2, 0.25) is 0 Å². The molecule has 0 spiro atoms. The molecule has 0 fully saturated rings. The number of para-hydroxylation sites is 2. The first-order valence-electron chi connectivity index (χ1n) is 6.66. The van der Waals surface area contributed by atoms with Crippen molar-refractivity contribution in [3.05, 3.63) is 39.8 Å². The third-order valence-electron chi connectivity index (χ3n) is 2.91. The van der Waals surface area contributed by atoms with Crippen LogP contribution in [0.3, 0.4) is 0 Å². The van der Waals surface area contributed by atoms with E-state index in [0.717, 1.165) is 35.2 Å². The van der Waals surface area contributed by atoms with E-state index in [0.29, 0.717) is 6.61 Å². The standard InChI is InChI=1S/C15H20N2O2S/c1-4-11-14(9-16-2)20-15(17-11)10-19-13-8-6-5-7-12(13)18-3/h5-8,16H,4,9-10H2,1-3H3. The highest BCUT2D eigenvalue weighted by atomic mass is 32.1. The molecule has 0 amide bonds. The van der Waals surface area contributed by atoms with Crippen molar-refractivity contribution in [1.82, 2.24) is 10.3 Å². The molecule has 0 atom stereocenters. The van der Waals surface area contributed by atoms with E-state index in [2.05, 4.69) is 17.2 Å². The topological polar surface area (TPSA) is 43.4 Å². The molecular formula is C15H20N2O2S. The Kier molecular flexibility index (Phi) is 5.38. The Morgan fingerprint density at radius 2 is 2.00 bits per heavy atom. The number of hydrogen-bond acceptors (Lipinski definition) is 5. The van der Waals surface area contributed by atoms with Gasteiger partial charge in [-0.3, -0.25) is 0 Å². The summed E-state index contributed by atoms with van der Waals surface area (Å²) < 4.78 is 11.1. The van der Waals surface area contributed by atoms with E-state index < -0.39 is 0 Å². The van der Waals surface area contributed by atoms with Crippen molar-refractivity contribution >= 4 is 11.3 Å². The average Bonchev–Trinajstić information content (AvgIpc) is 2.88. The second-order valence-electron chi connectivity index (χ2n) is 4.30. The van der Waals surface area contributed by atoms with Crippen molar-refractivity contribution < 1.29 is 9.47 Å². The molecule has 2 aromatic rings. The summed E-state index contributed by atoms with van der Waals surface area (Å²) in [5.74, 6) is 1.49. The van der Waals surface area contributed by atoms with Crippen LogP contribution in [-0.2, 0) is 19.6 Å². The maximum absolute atomic E-state index is 5.81. The predicted molar refractivity (Wildman–Crippen MR) is 81.6 cm³/mol. The van der Waals surface area contributed by atoms with Gasteiger partial charge >= 0.3 is 0 Å². The van der Waals surface area contributed by atoms with Crippen LogP contribution in [0.15, 0.2) is 24.3 Å². The normalized spacial score (nSPS) is 10.6. The van der Waals surface area contributed by atoms with Gasteiger partial charge in [0.1, 0.15) is 11.6 Å². The van der Waals surface area contributed by atoms with Crippen LogP contribution < -0.4 is 14.8 Å². The minimum Gasteiger partial charge on any atom is -0.493 e. The van der Waals surface area contributed by atoms with Gasteiger partial charge in [0.25, 0.3) is 0 Å². The quantitative estimate of drug-likeness (QED) is 0.852. The Balaban J connectivity index is 2.07. The van der Waals surface area contributed by atoms with Gasteiger partial charge in [-0.05, 0) is 25.6 Å². The van der Waals surface area contributed by atoms with Crippen molar-refractivity contribution in [1.29, 1.82) is 0 Å². The third kappa shape index (κ3) is 3.49. The summed E-state index contributed by atoms with van der Waals surface area (Å²) in [6.45, 7) is 3.45. The first-order chi connectivity index (χ1) is 9.78. The molecule has 2 rings (SSSR count). The summed E-state index contributed by atoms with van der Waals surface area (Å²) in [7, 11) is 3.59. The number of rotatable bonds is 7. The molecule has 0 aliphatic carbocycles. The van der Waals surface area contributed by atoms with Crippen LogP contribution in [0.4, 0.5) is 0 Å². The van der Waals surface area contributed by atoms with E-state index in [1.54, 1.807) is 18.4 Å². The highest BCUT2D eigenvalue weighted by molar-refractivity contribution is 7.11. The van der Waals surface area contributed by atoms with Gasteiger partial charge in [-0.2, -0.15) is 0 Å². The molecule has 5 heteroatoms. The van der Waals surface area contributed by atoms with E-state index >= 15 is 0 Å². The summed E-state index contributed by atoms with van der Waals surface area (Å²) in [6, 6.07) is 7.65. The van der Waals surface area contributed by atoms with Gasteiger partial charge in [-0.15, -0.1) is 11.3 Å². The molecule has 0 unspecified atom stereocenters. The van der Waals surface area contributed by atoms with Gasteiger partial charge in [0.2, 0.25) is 0 Å². The third-order valence-corrected chi connectivity index (χ3v) is 3.99. The maximum atomic E-state index is 5.81. The monoisotopic (exact) mass is 292 g/mol. The van der Waals surface area contributed by atoms with Crippen molar-refractivity contribution in [3.63, 3.8) is 0 Å². The summed E-state index contributed by atoms with van der Waals surface area (Å²) in [5, 5.41) is 4.17. The second-order valence-corrected chi connectivity index (χ2v) is 5.47. The Hall–Kier alpha value is -1.59. The Bertz CT molecular complexity index is 555.